The lowest BCUT2D eigenvalue weighted by Gasteiger charge is -2.32. The lowest BCUT2D eigenvalue weighted by atomic mass is 9.78. The molecule has 2 N–H and O–H groups in total. The fourth-order valence-corrected chi connectivity index (χ4v) is 1.76. The van der Waals surface area contributed by atoms with Crippen LogP contribution in [0.4, 0.5) is 0 Å². The van der Waals surface area contributed by atoms with Crippen LogP contribution in [0.2, 0.25) is 0 Å². The van der Waals surface area contributed by atoms with E-state index >= 15 is 0 Å². The zero-order chi connectivity index (χ0) is 9.61. The summed E-state index contributed by atoms with van der Waals surface area (Å²) in [5.41, 5.74) is 5.98. The first-order chi connectivity index (χ1) is 5.60. The van der Waals surface area contributed by atoms with Crippen molar-refractivity contribution in [2.24, 2.45) is 17.1 Å². The molecule has 0 radical (unpaired) electrons. The zero-order valence-electron chi connectivity index (χ0n) is 8.89. The molecule has 1 unspecified atom stereocenters. The molecule has 0 amide bonds. The van der Waals surface area contributed by atoms with Crippen LogP contribution >= 0.6 is 0 Å². The third kappa shape index (κ3) is 3.55. The molecule has 12 heavy (non-hydrogen) atoms. The van der Waals surface area contributed by atoms with E-state index in [-0.39, 0.29) is 5.41 Å². The van der Waals surface area contributed by atoms with Gasteiger partial charge in [0.25, 0.3) is 0 Å². The summed E-state index contributed by atoms with van der Waals surface area (Å²) in [6.07, 6.45) is 2.27. The van der Waals surface area contributed by atoms with Gasteiger partial charge in [-0.25, -0.2) is 0 Å². The van der Waals surface area contributed by atoms with Gasteiger partial charge in [-0.1, -0.05) is 20.8 Å². The van der Waals surface area contributed by atoms with E-state index in [1.165, 1.54) is 0 Å². The van der Waals surface area contributed by atoms with Crippen LogP contribution in [-0.2, 0) is 4.74 Å². The minimum absolute atomic E-state index is 0.211. The van der Waals surface area contributed by atoms with Gasteiger partial charge in [-0.3, -0.25) is 0 Å². The largest absolute Gasteiger partial charge is 0.384 e. The lowest BCUT2D eigenvalue weighted by Crippen LogP contribution is -2.35. The standard InChI is InChI=1S/C10H23NO/c1-5-10(7-11,8-12-4)6-9(2)3/h9H,5-8,11H2,1-4H3. The van der Waals surface area contributed by atoms with E-state index in [4.69, 9.17) is 10.5 Å². The maximum absolute atomic E-state index is 5.77. The summed E-state index contributed by atoms with van der Waals surface area (Å²) in [4.78, 5) is 0. The molecule has 0 aromatic rings. The summed E-state index contributed by atoms with van der Waals surface area (Å²) in [5.74, 6) is 0.698. The van der Waals surface area contributed by atoms with E-state index in [0.29, 0.717) is 5.92 Å². The van der Waals surface area contributed by atoms with Gasteiger partial charge in [0.15, 0.2) is 0 Å². The highest BCUT2D eigenvalue weighted by atomic mass is 16.5. The van der Waals surface area contributed by atoms with Crippen molar-refractivity contribution in [2.45, 2.75) is 33.6 Å². The average Bonchev–Trinajstić information content (AvgIpc) is 2.03. The second-order valence-corrected chi connectivity index (χ2v) is 4.09. The first kappa shape index (κ1) is 11.9. The molecule has 2 heteroatoms. The minimum Gasteiger partial charge on any atom is -0.384 e. The lowest BCUT2D eigenvalue weighted by molar-refractivity contribution is 0.0650. The Balaban J connectivity index is 4.13. The van der Waals surface area contributed by atoms with Crippen LogP contribution in [0.3, 0.4) is 0 Å². The summed E-state index contributed by atoms with van der Waals surface area (Å²) >= 11 is 0. The number of methoxy groups -OCH3 is 1. The number of rotatable bonds is 6. The topological polar surface area (TPSA) is 35.2 Å². The van der Waals surface area contributed by atoms with Crippen molar-refractivity contribution in [1.82, 2.24) is 0 Å². The maximum Gasteiger partial charge on any atom is 0.0530 e. The first-order valence-corrected chi connectivity index (χ1v) is 4.79. The average molecular weight is 173 g/mol. The number of ether oxygens (including phenoxy) is 1. The highest BCUT2D eigenvalue weighted by Crippen LogP contribution is 2.29. The van der Waals surface area contributed by atoms with Gasteiger partial charge < -0.3 is 10.5 Å². The van der Waals surface area contributed by atoms with Crippen LogP contribution in [0.1, 0.15) is 33.6 Å². The third-order valence-electron chi connectivity index (χ3n) is 2.47. The van der Waals surface area contributed by atoms with Crippen LogP contribution in [0.5, 0.6) is 0 Å². The molecule has 0 rings (SSSR count). The predicted octanol–water partition coefficient (Wildman–Crippen LogP) is 2.03. The molecule has 0 aliphatic heterocycles. The molecule has 0 saturated carbocycles. The monoisotopic (exact) mass is 173 g/mol. The Labute approximate surface area is 76.5 Å². The van der Waals surface area contributed by atoms with E-state index in [0.717, 1.165) is 26.0 Å². The van der Waals surface area contributed by atoms with Gasteiger partial charge in [0.1, 0.15) is 0 Å². The molecule has 0 fully saturated rings. The highest BCUT2D eigenvalue weighted by molar-refractivity contribution is 4.79. The Morgan fingerprint density at radius 3 is 2.25 bits per heavy atom. The van der Waals surface area contributed by atoms with Crippen molar-refractivity contribution in [3.63, 3.8) is 0 Å². The number of hydrogen-bond donors (Lipinski definition) is 1. The van der Waals surface area contributed by atoms with Crippen LogP contribution in [-0.4, -0.2) is 20.3 Å². The maximum atomic E-state index is 5.77. The molecule has 0 saturated heterocycles. The highest BCUT2D eigenvalue weighted by Gasteiger charge is 2.27. The predicted molar refractivity (Wildman–Crippen MR) is 53.1 cm³/mol. The molecule has 1 atom stereocenters. The summed E-state index contributed by atoms with van der Waals surface area (Å²) in [6, 6.07) is 0. The fraction of sp³-hybridized carbons (Fsp3) is 1.00. The Kier molecular flexibility index (Phi) is 5.51. The molecule has 0 aliphatic rings. The Morgan fingerprint density at radius 2 is 2.00 bits per heavy atom. The molecule has 0 aromatic carbocycles. The van der Waals surface area contributed by atoms with Crippen LogP contribution in [0.25, 0.3) is 0 Å². The second kappa shape index (κ2) is 5.55. The number of nitrogens with two attached hydrogens (primary N) is 1. The number of hydrogen-bond acceptors (Lipinski definition) is 2. The Hall–Kier alpha value is -0.0800. The first-order valence-electron chi connectivity index (χ1n) is 4.79. The Morgan fingerprint density at radius 1 is 1.42 bits per heavy atom. The summed E-state index contributed by atoms with van der Waals surface area (Å²) in [7, 11) is 1.75. The summed E-state index contributed by atoms with van der Waals surface area (Å²) in [6.45, 7) is 8.17. The molecule has 0 aliphatic carbocycles. The third-order valence-corrected chi connectivity index (χ3v) is 2.47. The van der Waals surface area contributed by atoms with Crippen molar-refractivity contribution in [2.75, 3.05) is 20.3 Å². The second-order valence-electron chi connectivity index (χ2n) is 4.09. The van der Waals surface area contributed by atoms with Crippen molar-refractivity contribution in [1.29, 1.82) is 0 Å². The van der Waals surface area contributed by atoms with Crippen LogP contribution < -0.4 is 5.73 Å². The van der Waals surface area contributed by atoms with Crippen molar-refractivity contribution in [3.8, 4) is 0 Å². The molecule has 0 spiro atoms. The molecule has 0 aromatic heterocycles. The quantitative estimate of drug-likeness (QED) is 0.667. The van der Waals surface area contributed by atoms with Crippen LogP contribution in [0, 0.1) is 11.3 Å². The van der Waals surface area contributed by atoms with Gasteiger partial charge in [0, 0.05) is 19.1 Å². The zero-order valence-corrected chi connectivity index (χ0v) is 8.89. The molecule has 0 heterocycles. The van der Waals surface area contributed by atoms with Crippen molar-refractivity contribution in [3.05, 3.63) is 0 Å². The van der Waals surface area contributed by atoms with Gasteiger partial charge >= 0.3 is 0 Å². The summed E-state index contributed by atoms with van der Waals surface area (Å²) in [5, 5.41) is 0. The fourth-order valence-electron chi connectivity index (χ4n) is 1.76. The van der Waals surface area contributed by atoms with E-state index in [1.807, 2.05) is 0 Å². The smallest absolute Gasteiger partial charge is 0.0530 e. The van der Waals surface area contributed by atoms with Crippen molar-refractivity contribution < 1.29 is 4.74 Å². The molecule has 2 nitrogen and oxygen atoms in total. The normalized spacial score (nSPS) is 16.5. The molecular formula is C10H23NO. The molecule has 0 bridgehead atoms. The van der Waals surface area contributed by atoms with Gasteiger partial charge in [0.05, 0.1) is 6.61 Å². The van der Waals surface area contributed by atoms with E-state index < -0.39 is 0 Å². The summed E-state index contributed by atoms with van der Waals surface area (Å²) < 4.78 is 5.21. The van der Waals surface area contributed by atoms with Gasteiger partial charge in [-0.2, -0.15) is 0 Å². The minimum atomic E-state index is 0.211. The van der Waals surface area contributed by atoms with Crippen LogP contribution in [0.15, 0.2) is 0 Å². The Bertz CT molecular complexity index is 108. The van der Waals surface area contributed by atoms with Crippen molar-refractivity contribution >= 4 is 0 Å². The molecular weight excluding hydrogens is 150 g/mol. The van der Waals surface area contributed by atoms with E-state index in [2.05, 4.69) is 20.8 Å². The SMILES string of the molecule is CCC(CN)(COC)CC(C)C. The van der Waals surface area contributed by atoms with Gasteiger partial charge in [-0.15, -0.1) is 0 Å². The van der Waals surface area contributed by atoms with Gasteiger partial charge in [0.2, 0.25) is 0 Å². The van der Waals surface area contributed by atoms with E-state index in [1.54, 1.807) is 7.11 Å². The van der Waals surface area contributed by atoms with Gasteiger partial charge in [-0.05, 0) is 18.8 Å². The molecule has 74 valence electrons. The van der Waals surface area contributed by atoms with E-state index in [9.17, 15) is 0 Å².